The number of benzene rings is 1. The summed E-state index contributed by atoms with van der Waals surface area (Å²) >= 11 is 0. The number of nitrogens with zero attached hydrogens (tertiary/aromatic N) is 2. The number of nitro benzene ring substituents is 1. The molecule has 1 amide bonds. The van der Waals surface area contributed by atoms with Gasteiger partial charge in [-0.3, -0.25) is 14.9 Å². The van der Waals surface area contributed by atoms with Gasteiger partial charge in [0.1, 0.15) is 0 Å². The Morgan fingerprint density at radius 3 is 2.60 bits per heavy atom. The summed E-state index contributed by atoms with van der Waals surface area (Å²) in [5, 5.41) is 19.3. The zero-order chi connectivity index (χ0) is 11.6. The predicted molar refractivity (Wildman–Crippen MR) is 51.1 cm³/mol. The molecule has 0 aliphatic carbocycles. The Bertz CT molecular complexity index is 488. The number of nitriles is 1. The summed E-state index contributed by atoms with van der Waals surface area (Å²) in [6.45, 7) is 1.45. The van der Waals surface area contributed by atoms with Crippen LogP contribution in [0.15, 0.2) is 12.1 Å². The Kier molecular flexibility index (Phi) is 2.67. The van der Waals surface area contributed by atoms with Crippen molar-refractivity contribution in [3.05, 3.63) is 38.9 Å². The van der Waals surface area contributed by atoms with E-state index in [9.17, 15) is 14.9 Å². The minimum absolute atomic E-state index is 0.0381. The Hall–Kier alpha value is -2.42. The molecule has 15 heavy (non-hydrogen) atoms. The molecule has 1 aromatic rings. The van der Waals surface area contributed by atoms with Gasteiger partial charge >= 0.3 is 0 Å². The van der Waals surface area contributed by atoms with Crippen molar-refractivity contribution in [1.29, 1.82) is 5.26 Å². The molecule has 0 spiro atoms. The molecule has 0 saturated heterocycles. The van der Waals surface area contributed by atoms with E-state index in [4.69, 9.17) is 11.0 Å². The summed E-state index contributed by atoms with van der Waals surface area (Å²) in [5.74, 6) is -0.797. The van der Waals surface area contributed by atoms with Gasteiger partial charge in [-0.05, 0) is 13.0 Å². The van der Waals surface area contributed by atoms with E-state index < -0.39 is 10.8 Å². The average Bonchev–Trinajstić information content (AvgIpc) is 2.17. The molecule has 0 unspecified atom stereocenters. The van der Waals surface area contributed by atoms with Crippen molar-refractivity contribution >= 4 is 11.6 Å². The molecule has 0 radical (unpaired) electrons. The zero-order valence-electron chi connectivity index (χ0n) is 7.85. The molecule has 76 valence electrons. The van der Waals surface area contributed by atoms with Crippen molar-refractivity contribution in [2.75, 3.05) is 0 Å². The molecule has 6 heteroatoms. The molecule has 0 aliphatic heterocycles. The number of primary amides is 1. The Labute approximate surface area is 85.1 Å². The second-order valence-electron chi connectivity index (χ2n) is 2.90. The molecule has 0 atom stereocenters. The highest BCUT2D eigenvalue weighted by Gasteiger charge is 2.17. The molecular formula is C9H7N3O3. The van der Waals surface area contributed by atoms with E-state index in [1.807, 2.05) is 0 Å². The molecule has 0 bridgehead atoms. The van der Waals surface area contributed by atoms with Crippen LogP contribution in [0.25, 0.3) is 0 Å². The van der Waals surface area contributed by atoms with Gasteiger partial charge in [-0.1, -0.05) is 0 Å². The van der Waals surface area contributed by atoms with Crippen molar-refractivity contribution in [3.8, 4) is 6.07 Å². The first-order valence-corrected chi connectivity index (χ1v) is 3.96. The van der Waals surface area contributed by atoms with Crippen LogP contribution in [0.3, 0.4) is 0 Å². The highest BCUT2D eigenvalue weighted by molar-refractivity contribution is 5.94. The summed E-state index contributed by atoms with van der Waals surface area (Å²) in [6.07, 6.45) is 0. The fourth-order valence-corrected chi connectivity index (χ4v) is 1.15. The first kappa shape index (κ1) is 10.7. The highest BCUT2D eigenvalue weighted by Crippen LogP contribution is 2.23. The molecular weight excluding hydrogens is 198 g/mol. The van der Waals surface area contributed by atoms with E-state index >= 15 is 0 Å². The van der Waals surface area contributed by atoms with Gasteiger partial charge in [0.25, 0.3) is 5.69 Å². The minimum Gasteiger partial charge on any atom is -0.366 e. The summed E-state index contributed by atoms with van der Waals surface area (Å²) in [4.78, 5) is 20.8. The molecule has 0 aromatic heterocycles. The lowest BCUT2D eigenvalue weighted by atomic mass is 10.0. The first-order chi connectivity index (χ1) is 6.97. The second kappa shape index (κ2) is 3.75. The third-order valence-corrected chi connectivity index (χ3v) is 1.98. The van der Waals surface area contributed by atoms with Gasteiger partial charge in [0.2, 0.25) is 5.91 Å². The van der Waals surface area contributed by atoms with Crippen LogP contribution in [0.1, 0.15) is 21.5 Å². The monoisotopic (exact) mass is 205 g/mol. The maximum atomic E-state index is 10.8. The Morgan fingerprint density at radius 1 is 1.60 bits per heavy atom. The molecule has 6 nitrogen and oxygen atoms in total. The molecule has 0 fully saturated rings. The van der Waals surface area contributed by atoms with Crippen LogP contribution >= 0.6 is 0 Å². The van der Waals surface area contributed by atoms with Crippen LogP contribution in [0.5, 0.6) is 0 Å². The van der Waals surface area contributed by atoms with Crippen molar-refractivity contribution in [2.45, 2.75) is 6.92 Å². The molecule has 1 aromatic carbocycles. The van der Waals surface area contributed by atoms with Gasteiger partial charge < -0.3 is 5.73 Å². The van der Waals surface area contributed by atoms with E-state index in [-0.39, 0.29) is 22.4 Å². The van der Waals surface area contributed by atoms with Gasteiger partial charge in [-0.25, -0.2) is 0 Å². The minimum atomic E-state index is -0.797. The lowest BCUT2D eigenvalue weighted by Gasteiger charge is -2.01. The van der Waals surface area contributed by atoms with Crippen LogP contribution in [0.2, 0.25) is 0 Å². The summed E-state index contributed by atoms with van der Waals surface area (Å²) in [7, 11) is 0. The summed E-state index contributed by atoms with van der Waals surface area (Å²) in [5.41, 5.74) is 4.98. The third kappa shape index (κ3) is 1.91. The molecule has 0 heterocycles. The van der Waals surface area contributed by atoms with Crippen molar-refractivity contribution in [3.63, 3.8) is 0 Å². The average molecular weight is 205 g/mol. The number of hydrogen-bond donors (Lipinski definition) is 1. The topological polar surface area (TPSA) is 110 Å². The molecule has 0 saturated carbocycles. The normalized spacial score (nSPS) is 9.33. The maximum absolute atomic E-state index is 10.8. The van der Waals surface area contributed by atoms with Gasteiger partial charge in [0, 0.05) is 17.2 Å². The lowest BCUT2D eigenvalue weighted by molar-refractivity contribution is -0.385. The summed E-state index contributed by atoms with van der Waals surface area (Å²) in [6, 6.07) is 4.08. The fourth-order valence-electron chi connectivity index (χ4n) is 1.15. The number of nitro groups is 1. The van der Waals surface area contributed by atoms with Gasteiger partial charge in [-0.15, -0.1) is 0 Å². The van der Waals surface area contributed by atoms with Gasteiger partial charge in [-0.2, -0.15) is 5.26 Å². The first-order valence-electron chi connectivity index (χ1n) is 3.96. The largest absolute Gasteiger partial charge is 0.366 e. The van der Waals surface area contributed by atoms with E-state index in [1.54, 1.807) is 6.07 Å². The van der Waals surface area contributed by atoms with Crippen LogP contribution in [-0.2, 0) is 0 Å². The quantitative estimate of drug-likeness (QED) is 0.570. The van der Waals surface area contributed by atoms with Crippen LogP contribution in [0, 0.1) is 28.4 Å². The molecule has 1 rings (SSSR count). The summed E-state index contributed by atoms with van der Waals surface area (Å²) < 4.78 is 0. The fraction of sp³-hybridized carbons (Fsp3) is 0.111. The standard InChI is InChI=1S/C9H7N3O3/c1-5-7(4-10)2-6(9(11)13)3-8(5)12(14)15/h2-3H,1H3,(H2,11,13). The predicted octanol–water partition coefficient (Wildman–Crippen LogP) is 0.874. The Morgan fingerprint density at radius 2 is 2.20 bits per heavy atom. The second-order valence-corrected chi connectivity index (χ2v) is 2.90. The molecule has 2 N–H and O–H groups in total. The third-order valence-electron chi connectivity index (χ3n) is 1.98. The van der Waals surface area contributed by atoms with Crippen molar-refractivity contribution in [2.24, 2.45) is 5.73 Å². The van der Waals surface area contributed by atoms with E-state index in [0.717, 1.165) is 6.07 Å². The van der Waals surface area contributed by atoms with Crippen LogP contribution in [-0.4, -0.2) is 10.8 Å². The highest BCUT2D eigenvalue weighted by atomic mass is 16.6. The number of nitrogens with two attached hydrogens (primary N) is 1. The smallest absolute Gasteiger partial charge is 0.274 e. The zero-order valence-corrected chi connectivity index (χ0v) is 7.85. The number of carbonyl (C=O) groups excluding carboxylic acids is 1. The Balaban J connectivity index is 3.54. The number of hydrogen-bond acceptors (Lipinski definition) is 4. The van der Waals surface area contributed by atoms with E-state index in [2.05, 4.69) is 0 Å². The van der Waals surface area contributed by atoms with E-state index in [0.29, 0.717) is 0 Å². The van der Waals surface area contributed by atoms with Gasteiger partial charge in [0.05, 0.1) is 16.6 Å². The number of carbonyl (C=O) groups is 1. The maximum Gasteiger partial charge on any atom is 0.274 e. The number of amides is 1. The van der Waals surface area contributed by atoms with Crippen LogP contribution in [0.4, 0.5) is 5.69 Å². The molecule has 0 aliphatic rings. The van der Waals surface area contributed by atoms with Crippen molar-refractivity contribution < 1.29 is 9.72 Å². The van der Waals surface area contributed by atoms with Crippen molar-refractivity contribution in [1.82, 2.24) is 0 Å². The SMILES string of the molecule is Cc1c(C#N)cc(C(N)=O)cc1[N+](=O)[O-]. The lowest BCUT2D eigenvalue weighted by Crippen LogP contribution is -2.12. The number of rotatable bonds is 2. The van der Waals surface area contributed by atoms with Gasteiger partial charge in [0.15, 0.2) is 0 Å². The van der Waals surface area contributed by atoms with Crippen LogP contribution < -0.4 is 5.73 Å². The van der Waals surface area contributed by atoms with E-state index in [1.165, 1.54) is 13.0 Å².